The number of rotatable bonds is 8. The minimum atomic E-state index is -0.935. The number of unbranched alkanes of at least 4 members (excludes halogenated alkanes) is 2. The number of nitrogens with one attached hydrogen (secondary N) is 1. The maximum atomic E-state index is 10.7. The van der Waals surface area contributed by atoms with Gasteiger partial charge in [0, 0.05) is 12.0 Å². The fourth-order valence-corrected chi connectivity index (χ4v) is 2.82. The topological polar surface area (TPSA) is 105 Å². The third kappa shape index (κ3) is 4.42. The van der Waals surface area contributed by atoms with Crippen molar-refractivity contribution >= 4 is 16.7 Å². The molecule has 4 N–H and O–H groups in total. The van der Waals surface area contributed by atoms with Crippen LogP contribution < -0.4 is 5.73 Å². The molecular weight excluding hydrogens is 316 g/mol. The van der Waals surface area contributed by atoms with Crippen molar-refractivity contribution in [3.8, 4) is 11.4 Å². The summed E-state index contributed by atoms with van der Waals surface area (Å²) in [6.07, 6.45) is 3.96. The summed E-state index contributed by atoms with van der Waals surface area (Å²) in [7, 11) is 0. The Morgan fingerprint density at radius 2 is 1.92 bits per heavy atom. The molecule has 6 heteroatoms. The maximum absolute atomic E-state index is 10.7. The predicted octanol–water partition coefficient (Wildman–Crippen LogP) is 3.14. The average Bonchev–Trinajstić information content (AvgIpc) is 3.09. The molecule has 0 aliphatic carbocycles. The monoisotopic (exact) mass is 338 g/mol. The first-order chi connectivity index (χ1) is 12.1. The van der Waals surface area contributed by atoms with E-state index in [1.54, 1.807) is 0 Å². The van der Waals surface area contributed by atoms with Gasteiger partial charge in [-0.25, -0.2) is 4.98 Å². The van der Waals surface area contributed by atoms with E-state index in [1.807, 2.05) is 18.2 Å². The van der Waals surface area contributed by atoms with E-state index < -0.39 is 12.0 Å². The minimum Gasteiger partial charge on any atom is -0.480 e. The van der Waals surface area contributed by atoms with Gasteiger partial charge in [0.25, 0.3) is 0 Å². The molecule has 0 bridgehead atoms. The lowest BCUT2D eigenvalue weighted by atomic mass is 10.1. The summed E-state index contributed by atoms with van der Waals surface area (Å²) in [6.45, 7) is 0. The van der Waals surface area contributed by atoms with Crippen molar-refractivity contribution in [3.63, 3.8) is 0 Å². The summed E-state index contributed by atoms with van der Waals surface area (Å²) in [5.74, 6) is 0.620. The summed E-state index contributed by atoms with van der Waals surface area (Å²) in [6, 6.07) is 13.6. The lowest BCUT2D eigenvalue weighted by molar-refractivity contribution is -0.138. The second kappa shape index (κ2) is 7.90. The van der Waals surface area contributed by atoms with E-state index in [0.717, 1.165) is 37.1 Å². The Morgan fingerprint density at radius 3 is 2.72 bits per heavy atom. The fourth-order valence-electron chi connectivity index (χ4n) is 2.82. The number of carboxylic acid groups (broad SMARTS) is 1. The number of benzene rings is 2. The molecule has 1 aromatic heterocycles. The van der Waals surface area contributed by atoms with Gasteiger partial charge in [-0.2, -0.15) is 5.10 Å². The normalized spacial score (nSPS) is 12.4. The second-order valence-corrected chi connectivity index (χ2v) is 6.21. The second-order valence-electron chi connectivity index (χ2n) is 6.21. The molecule has 3 rings (SSSR count). The number of hydrogen-bond acceptors (Lipinski definition) is 4. The maximum Gasteiger partial charge on any atom is 0.320 e. The van der Waals surface area contributed by atoms with Gasteiger partial charge in [0.1, 0.15) is 11.9 Å². The largest absolute Gasteiger partial charge is 0.480 e. The summed E-state index contributed by atoms with van der Waals surface area (Å²) < 4.78 is 0. The van der Waals surface area contributed by atoms with Crippen LogP contribution in [-0.4, -0.2) is 32.3 Å². The molecule has 1 atom stereocenters. The number of carboxylic acids is 1. The number of nitrogens with zero attached hydrogens (tertiary/aromatic N) is 2. The SMILES string of the molecule is NC(CCCCCc1nc(-c2ccc3ccccc3c2)n[nH]1)C(=O)O. The van der Waals surface area contributed by atoms with E-state index in [0.29, 0.717) is 12.2 Å². The Bertz CT molecular complexity index is 859. The molecule has 0 fully saturated rings. The van der Waals surface area contributed by atoms with Crippen molar-refractivity contribution in [3.05, 3.63) is 48.3 Å². The van der Waals surface area contributed by atoms with Gasteiger partial charge in [-0.1, -0.05) is 49.2 Å². The molecule has 1 unspecified atom stereocenters. The van der Waals surface area contributed by atoms with Crippen molar-refractivity contribution in [2.24, 2.45) is 5.73 Å². The molecule has 0 saturated heterocycles. The number of H-pyrrole nitrogens is 1. The van der Waals surface area contributed by atoms with Crippen LogP contribution in [0.3, 0.4) is 0 Å². The Hall–Kier alpha value is -2.73. The van der Waals surface area contributed by atoms with Crippen molar-refractivity contribution < 1.29 is 9.90 Å². The van der Waals surface area contributed by atoms with Crippen LogP contribution in [0.25, 0.3) is 22.2 Å². The van der Waals surface area contributed by atoms with Crippen LogP contribution in [0.15, 0.2) is 42.5 Å². The first kappa shape index (κ1) is 17.1. The van der Waals surface area contributed by atoms with Gasteiger partial charge in [-0.15, -0.1) is 0 Å². The molecule has 0 amide bonds. The number of aromatic amines is 1. The number of fused-ring (bicyclic) bond motifs is 1. The van der Waals surface area contributed by atoms with Crippen LogP contribution in [0, 0.1) is 0 Å². The molecule has 3 aromatic rings. The molecule has 0 saturated carbocycles. The van der Waals surface area contributed by atoms with Crippen LogP contribution in [0.5, 0.6) is 0 Å². The van der Waals surface area contributed by atoms with E-state index in [9.17, 15) is 4.79 Å². The zero-order valence-corrected chi connectivity index (χ0v) is 14.0. The molecule has 25 heavy (non-hydrogen) atoms. The molecule has 0 aliphatic heterocycles. The smallest absolute Gasteiger partial charge is 0.320 e. The van der Waals surface area contributed by atoms with Crippen LogP contribution >= 0.6 is 0 Å². The minimum absolute atomic E-state index is 0.508. The number of aromatic nitrogens is 3. The van der Waals surface area contributed by atoms with E-state index in [1.165, 1.54) is 10.8 Å². The third-order valence-corrected chi connectivity index (χ3v) is 4.29. The summed E-state index contributed by atoms with van der Waals surface area (Å²) in [5.41, 5.74) is 6.48. The highest BCUT2D eigenvalue weighted by Gasteiger charge is 2.10. The van der Waals surface area contributed by atoms with Crippen LogP contribution in [0.4, 0.5) is 0 Å². The van der Waals surface area contributed by atoms with Crippen molar-refractivity contribution in [1.82, 2.24) is 15.2 Å². The number of nitrogens with two attached hydrogens (primary N) is 1. The fraction of sp³-hybridized carbons (Fsp3) is 0.316. The van der Waals surface area contributed by atoms with Crippen LogP contribution in [0.2, 0.25) is 0 Å². The third-order valence-electron chi connectivity index (χ3n) is 4.29. The first-order valence-corrected chi connectivity index (χ1v) is 8.52. The molecule has 0 aliphatic rings. The Labute approximate surface area is 146 Å². The van der Waals surface area contributed by atoms with E-state index >= 15 is 0 Å². The van der Waals surface area contributed by atoms with Gasteiger partial charge in [0.05, 0.1) is 0 Å². The lowest BCUT2D eigenvalue weighted by Gasteiger charge is -2.04. The Morgan fingerprint density at radius 1 is 1.12 bits per heavy atom. The summed E-state index contributed by atoms with van der Waals surface area (Å²) >= 11 is 0. The number of carbonyl (C=O) groups is 1. The van der Waals surface area contributed by atoms with Crippen molar-refractivity contribution in [1.29, 1.82) is 0 Å². The van der Waals surface area contributed by atoms with Gasteiger partial charge in [0.2, 0.25) is 0 Å². The highest BCUT2D eigenvalue weighted by molar-refractivity contribution is 5.86. The van der Waals surface area contributed by atoms with Gasteiger partial charge < -0.3 is 10.8 Å². The predicted molar refractivity (Wildman–Crippen MR) is 97.1 cm³/mol. The molecule has 2 aromatic carbocycles. The van der Waals surface area contributed by atoms with E-state index in [4.69, 9.17) is 10.8 Å². The zero-order valence-electron chi connectivity index (χ0n) is 14.0. The van der Waals surface area contributed by atoms with Gasteiger partial charge >= 0.3 is 5.97 Å². The highest BCUT2D eigenvalue weighted by atomic mass is 16.4. The number of aliphatic carboxylic acids is 1. The first-order valence-electron chi connectivity index (χ1n) is 8.52. The zero-order chi connectivity index (χ0) is 17.6. The summed E-state index contributed by atoms with van der Waals surface area (Å²) in [5, 5.41) is 18.4. The standard InChI is InChI=1S/C19H22N4O2/c20-16(19(24)25)8-2-1-3-9-17-21-18(23-22-17)15-11-10-13-6-4-5-7-14(13)12-15/h4-7,10-12,16H,1-3,8-9,20H2,(H,24,25)(H,21,22,23). The number of hydrogen-bond donors (Lipinski definition) is 3. The number of aryl methyl sites for hydroxylation is 1. The molecule has 0 radical (unpaired) electrons. The van der Waals surface area contributed by atoms with Gasteiger partial charge in [-0.05, 0) is 29.7 Å². The molecular formula is C19H22N4O2. The lowest BCUT2D eigenvalue weighted by Crippen LogP contribution is -2.29. The molecule has 130 valence electrons. The Kier molecular flexibility index (Phi) is 5.40. The van der Waals surface area contributed by atoms with Crippen molar-refractivity contribution in [2.75, 3.05) is 0 Å². The van der Waals surface area contributed by atoms with E-state index in [-0.39, 0.29) is 0 Å². The molecule has 1 heterocycles. The Balaban J connectivity index is 1.54. The summed E-state index contributed by atoms with van der Waals surface area (Å²) in [4.78, 5) is 15.2. The van der Waals surface area contributed by atoms with Gasteiger partial charge in [-0.3, -0.25) is 9.89 Å². The van der Waals surface area contributed by atoms with Crippen LogP contribution in [-0.2, 0) is 11.2 Å². The van der Waals surface area contributed by atoms with Crippen molar-refractivity contribution in [2.45, 2.75) is 38.1 Å². The molecule has 6 nitrogen and oxygen atoms in total. The molecule has 0 spiro atoms. The highest BCUT2D eigenvalue weighted by Crippen LogP contribution is 2.22. The van der Waals surface area contributed by atoms with E-state index in [2.05, 4.69) is 39.4 Å². The van der Waals surface area contributed by atoms with Crippen LogP contribution in [0.1, 0.15) is 31.5 Å². The average molecular weight is 338 g/mol. The quantitative estimate of drug-likeness (QED) is 0.547. The van der Waals surface area contributed by atoms with Gasteiger partial charge in [0.15, 0.2) is 5.82 Å².